The maximum atomic E-state index is 12.6. The van der Waals surface area contributed by atoms with E-state index in [1.807, 2.05) is 6.92 Å². The lowest BCUT2D eigenvalue weighted by Crippen LogP contribution is -2.33. The zero-order chi connectivity index (χ0) is 14.8. The predicted octanol–water partition coefficient (Wildman–Crippen LogP) is 4.23. The second kappa shape index (κ2) is 6.16. The van der Waals surface area contributed by atoms with E-state index < -0.39 is 12.1 Å². The first-order valence-electron chi connectivity index (χ1n) is 6.74. The second-order valence-electron chi connectivity index (χ2n) is 5.07. The van der Waals surface area contributed by atoms with Crippen LogP contribution in [0.2, 0.25) is 5.02 Å². The van der Waals surface area contributed by atoms with Crippen molar-refractivity contribution < 1.29 is 13.2 Å². The minimum Gasteiger partial charge on any atom is -0.366 e. The molecule has 1 fully saturated rings. The topological polar surface area (TPSA) is 37.8 Å². The van der Waals surface area contributed by atoms with Crippen molar-refractivity contribution in [3.05, 3.63) is 17.0 Å². The molecule has 112 valence electrons. The van der Waals surface area contributed by atoms with Gasteiger partial charge in [0.1, 0.15) is 17.2 Å². The van der Waals surface area contributed by atoms with E-state index in [4.69, 9.17) is 11.6 Å². The van der Waals surface area contributed by atoms with Crippen molar-refractivity contribution in [2.24, 2.45) is 5.92 Å². The van der Waals surface area contributed by atoms with Gasteiger partial charge in [-0.2, -0.15) is 13.2 Å². The van der Waals surface area contributed by atoms with Gasteiger partial charge < -0.3 is 5.32 Å². The molecule has 2 rings (SSSR count). The van der Waals surface area contributed by atoms with E-state index in [-0.39, 0.29) is 18.9 Å². The Kier molecular flexibility index (Phi) is 4.73. The number of hydrogen-bond acceptors (Lipinski definition) is 3. The molecule has 1 aromatic heterocycles. The van der Waals surface area contributed by atoms with Crippen molar-refractivity contribution >= 4 is 17.4 Å². The van der Waals surface area contributed by atoms with Gasteiger partial charge >= 0.3 is 6.18 Å². The molecule has 0 radical (unpaired) electrons. The van der Waals surface area contributed by atoms with Gasteiger partial charge in [-0.05, 0) is 32.1 Å². The summed E-state index contributed by atoms with van der Waals surface area (Å²) in [6.45, 7) is 1.94. The number of aryl methyl sites for hydroxylation is 1. The third-order valence-electron chi connectivity index (χ3n) is 3.73. The summed E-state index contributed by atoms with van der Waals surface area (Å²) in [5, 5.41) is 3.61. The molecule has 1 N–H and O–H groups in total. The Morgan fingerprint density at radius 1 is 1.25 bits per heavy atom. The normalized spacial score (nSPS) is 23.6. The van der Waals surface area contributed by atoms with E-state index in [0.717, 1.165) is 5.69 Å². The van der Waals surface area contributed by atoms with Crippen molar-refractivity contribution in [3.8, 4) is 0 Å². The molecule has 0 unspecified atom stereocenters. The van der Waals surface area contributed by atoms with Gasteiger partial charge in [0.25, 0.3) is 0 Å². The van der Waals surface area contributed by atoms with Crippen LogP contribution in [0.15, 0.2) is 6.33 Å². The number of halogens is 4. The first kappa shape index (κ1) is 15.4. The van der Waals surface area contributed by atoms with E-state index in [1.54, 1.807) is 0 Å². The molecule has 1 aliphatic carbocycles. The summed E-state index contributed by atoms with van der Waals surface area (Å²) < 4.78 is 37.8. The average Bonchev–Trinajstić information content (AvgIpc) is 2.41. The smallest absolute Gasteiger partial charge is 0.366 e. The quantitative estimate of drug-likeness (QED) is 0.908. The molecule has 0 atom stereocenters. The zero-order valence-electron chi connectivity index (χ0n) is 11.2. The second-order valence-corrected chi connectivity index (χ2v) is 5.45. The Morgan fingerprint density at radius 3 is 2.45 bits per heavy atom. The van der Waals surface area contributed by atoms with Crippen LogP contribution in [-0.4, -0.2) is 22.2 Å². The van der Waals surface area contributed by atoms with Gasteiger partial charge in [-0.1, -0.05) is 18.5 Å². The summed E-state index contributed by atoms with van der Waals surface area (Å²) in [4.78, 5) is 8.14. The highest BCUT2D eigenvalue weighted by Gasteiger charge is 2.41. The SMILES string of the molecule is CCc1ncnc(NC2CCC(C(F)(F)F)CC2)c1Cl. The van der Waals surface area contributed by atoms with E-state index >= 15 is 0 Å². The van der Waals surface area contributed by atoms with Gasteiger partial charge in [0, 0.05) is 6.04 Å². The molecule has 1 saturated carbocycles. The lowest BCUT2D eigenvalue weighted by atomic mass is 9.85. The molecule has 0 saturated heterocycles. The molecule has 0 amide bonds. The molecule has 0 bridgehead atoms. The van der Waals surface area contributed by atoms with Crippen LogP contribution in [0, 0.1) is 5.92 Å². The number of nitrogens with zero attached hydrogens (tertiary/aromatic N) is 2. The van der Waals surface area contributed by atoms with Crippen molar-refractivity contribution in [3.63, 3.8) is 0 Å². The van der Waals surface area contributed by atoms with Crippen LogP contribution in [0.5, 0.6) is 0 Å². The monoisotopic (exact) mass is 307 g/mol. The lowest BCUT2D eigenvalue weighted by molar-refractivity contribution is -0.182. The van der Waals surface area contributed by atoms with Crippen LogP contribution >= 0.6 is 11.6 Å². The van der Waals surface area contributed by atoms with Crippen molar-refractivity contribution in [1.82, 2.24) is 9.97 Å². The fraction of sp³-hybridized carbons (Fsp3) is 0.692. The van der Waals surface area contributed by atoms with E-state index in [1.165, 1.54) is 6.33 Å². The van der Waals surface area contributed by atoms with Crippen molar-refractivity contribution in [2.75, 3.05) is 5.32 Å². The van der Waals surface area contributed by atoms with Gasteiger partial charge in [-0.15, -0.1) is 0 Å². The van der Waals surface area contributed by atoms with Crippen LogP contribution < -0.4 is 5.32 Å². The van der Waals surface area contributed by atoms with Gasteiger partial charge in [0.2, 0.25) is 0 Å². The third-order valence-corrected chi connectivity index (χ3v) is 4.12. The minimum absolute atomic E-state index is 0.00861. The molecular formula is C13H17ClF3N3. The van der Waals surface area contributed by atoms with E-state index in [9.17, 15) is 13.2 Å². The molecule has 0 aromatic carbocycles. The maximum absolute atomic E-state index is 12.6. The Morgan fingerprint density at radius 2 is 1.90 bits per heavy atom. The molecular weight excluding hydrogens is 291 g/mol. The molecule has 0 aliphatic heterocycles. The molecule has 1 aromatic rings. The van der Waals surface area contributed by atoms with Crippen molar-refractivity contribution in [1.29, 1.82) is 0 Å². The lowest BCUT2D eigenvalue weighted by Gasteiger charge is -2.30. The summed E-state index contributed by atoms with van der Waals surface area (Å²) >= 11 is 6.16. The summed E-state index contributed by atoms with van der Waals surface area (Å²) in [6, 6.07) is -0.00861. The maximum Gasteiger partial charge on any atom is 0.391 e. The molecule has 7 heteroatoms. The summed E-state index contributed by atoms with van der Waals surface area (Å²) in [7, 11) is 0. The Hall–Kier alpha value is -1.04. The summed E-state index contributed by atoms with van der Waals surface area (Å²) in [6.07, 6.45) is -0.689. The third kappa shape index (κ3) is 3.53. The minimum atomic E-state index is -4.08. The highest BCUT2D eigenvalue weighted by molar-refractivity contribution is 6.33. The Labute approximate surface area is 120 Å². The summed E-state index contributed by atoms with van der Waals surface area (Å²) in [5.74, 6) is -0.651. The van der Waals surface area contributed by atoms with Gasteiger partial charge in [-0.25, -0.2) is 9.97 Å². The Bertz CT molecular complexity index is 457. The number of hydrogen-bond donors (Lipinski definition) is 1. The number of aromatic nitrogens is 2. The van der Waals surface area contributed by atoms with Gasteiger partial charge in [0.05, 0.1) is 11.6 Å². The molecule has 0 spiro atoms. The summed E-state index contributed by atoms with van der Waals surface area (Å²) in [5.41, 5.74) is 0.744. The first-order chi connectivity index (χ1) is 9.41. The van der Waals surface area contributed by atoms with Crippen LogP contribution in [0.1, 0.15) is 38.3 Å². The highest BCUT2D eigenvalue weighted by Crippen LogP contribution is 2.38. The van der Waals surface area contributed by atoms with Gasteiger partial charge in [-0.3, -0.25) is 0 Å². The number of anilines is 1. The molecule has 1 heterocycles. The standard InChI is InChI=1S/C13H17ClF3N3/c1-2-10-11(14)12(19-7-18-10)20-9-5-3-8(4-6-9)13(15,16)17/h7-9H,2-6H2,1H3,(H,18,19,20). The fourth-order valence-electron chi connectivity index (χ4n) is 2.51. The first-order valence-corrected chi connectivity index (χ1v) is 7.12. The largest absolute Gasteiger partial charge is 0.391 e. The van der Waals surface area contributed by atoms with Crippen LogP contribution in [0.3, 0.4) is 0 Å². The average molecular weight is 308 g/mol. The molecule has 3 nitrogen and oxygen atoms in total. The van der Waals surface area contributed by atoms with E-state index in [2.05, 4.69) is 15.3 Å². The van der Waals surface area contributed by atoms with Crippen LogP contribution in [0.25, 0.3) is 0 Å². The number of alkyl halides is 3. The molecule has 1 aliphatic rings. The number of rotatable bonds is 3. The van der Waals surface area contributed by atoms with Crippen LogP contribution in [0.4, 0.5) is 19.0 Å². The predicted molar refractivity (Wildman–Crippen MR) is 71.8 cm³/mol. The van der Waals surface area contributed by atoms with Gasteiger partial charge in [0.15, 0.2) is 0 Å². The Balaban J connectivity index is 1.96. The zero-order valence-corrected chi connectivity index (χ0v) is 11.9. The number of nitrogens with one attached hydrogen (secondary N) is 1. The highest BCUT2D eigenvalue weighted by atomic mass is 35.5. The fourth-order valence-corrected chi connectivity index (χ4v) is 2.80. The van der Waals surface area contributed by atoms with E-state index in [0.29, 0.717) is 30.1 Å². The van der Waals surface area contributed by atoms with Crippen molar-refractivity contribution in [2.45, 2.75) is 51.2 Å². The van der Waals surface area contributed by atoms with Crippen LogP contribution in [-0.2, 0) is 6.42 Å². The molecule has 20 heavy (non-hydrogen) atoms.